The lowest BCUT2D eigenvalue weighted by atomic mass is 10.1. The molecule has 3 heteroatoms. The van der Waals surface area contributed by atoms with Gasteiger partial charge in [-0.15, -0.1) is 0 Å². The fraction of sp³-hybridized carbons (Fsp3) is 0.353. The van der Waals surface area contributed by atoms with Crippen molar-refractivity contribution >= 4 is 11.5 Å². The maximum atomic E-state index is 5.90. The number of hydrogen-bond acceptors (Lipinski definition) is 3. The largest absolute Gasteiger partial charge is 0.329 e. The fourth-order valence-corrected chi connectivity index (χ4v) is 2.45. The van der Waals surface area contributed by atoms with E-state index in [9.17, 15) is 0 Å². The molecule has 1 heterocycles. The van der Waals surface area contributed by atoms with Gasteiger partial charge in [0.2, 0.25) is 0 Å². The molecule has 0 saturated heterocycles. The third-order valence-electron chi connectivity index (χ3n) is 3.71. The summed E-state index contributed by atoms with van der Waals surface area (Å²) in [7, 11) is 2.04. The summed E-state index contributed by atoms with van der Waals surface area (Å²) < 4.78 is 0. The lowest BCUT2D eigenvalue weighted by Gasteiger charge is -2.23. The Morgan fingerprint density at radius 2 is 1.80 bits per heavy atom. The number of aryl methyl sites for hydroxylation is 3. The summed E-state index contributed by atoms with van der Waals surface area (Å²) >= 11 is 0. The second-order valence-corrected chi connectivity index (χ2v) is 5.17. The second kappa shape index (κ2) is 6.06. The van der Waals surface area contributed by atoms with Crippen LogP contribution in [0.1, 0.15) is 29.3 Å². The highest BCUT2D eigenvalue weighted by atomic mass is 15.2. The van der Waals surface area contributed by atoms with Crippen LogP contribution in [0.25, 0.3) is 0 Å². The highest BCUT2D eigenvalue weighted by Crippen LogP contribution is 2.27. The Hall–Kier alpha value is -1.87. The molecule has 0 amide bonds. The van der Waals surface area contributed by atoms with Crippen LogP contribution in [0, 0.1) is 13.8 Å². The van der Waals surface area contributed by atoms with Crippen molar-refractivity contribution in [3.05, 3.63) is 52.7 Å². The Bertz CT molecular complexity index is 588. The van der Waals surface area contributed by atoms with Gasteiger partial charge in [-0.2, -0.15) is 0 Å². The van der Waals surface area contributed by atoms with Gasteiger partial charge in [0.25, 0.3) is 0 Å². The van der Waals surface area contributed by atoms with E-state index >= 15 is 0 Å². The molecule has 2 aromatic rings. The van der Waals surface area contributed by atoms with E-state index in [2.05, 4.69) is 54.1 Å². The molecule has 0 aliphatic carbocycles. The van der Waals surface area contributed by atoms with Crippen LogP contribution in [0.2, 0.25) is 0 Å². The first-order valence-electron chi connectivity index (χ1n) is 7.06. The van der Waals surface area contributed by atoms with Gasteiger partial charge >= 0.3 is 0 Å². The molecule has 1 aromatic carbocycles. The minimum atomic E-state index is 0.506. The van der Waals surface area contributed by atoms with Crippen molar-refractivity contribution in [3.8, 4) is 0 Å². The van der Waals surface area contributed by atoms with E-state index in [0.29, 0.717) is 6.54 Å². The first-order chi connectivity index (χ1) is 9.56. The van der Waals surface area contributed by atoms with E-state index in [0.717, 1.165) is 29.2 Å². The van der Waals surface area contributed by atoms with Crippen LogP contribution >= 0.6 is 0 Å². The molecule has 0 saturated carbocycles. The van der Waals surface area contributed by atoms with E-state index in [1.54, 1.807) is 0 Å². The minimum absolute atomic E-state index is 0.506. The van der Waals surface area contributed by atoms with Crippen LogP contribution in [0.4, 0.5) is 11.5 Å². The molecule has 106 valence electrons. The Labute approximate surface area is 121 Å². The molecular weight excluding hydrogens is 246 g/mol. The van der Waals surface area contributed by atoms with Gasteiger partial charge in [-0.3, -0.25) is 0 Å². The highest BCUT2D eigenvalue weighted by Gasteiger charge is 2.13. The van der Waals surface area contributed by atoms with Gasteiger partial charge in [-0.25, -0.2) is 4.98 Å². The Kier molecular flexibility index (Phi) is 4.40. The molecule has 0 aliphatic rings. The Morgan fingerprint density at radius 1 is 1.15 bits per heavy atom. The molecular formula is C17H23N3. The maximum absolute atomic E-state index is 5.90. The van der Waals surface area contributed by atoms with Gasteiger partial charge in [-0.05, 0) is 49.6 Å². The maximum Gasteiger partial charge on any atom is 0.137 e. The summed E-state index contributed by atoms with van der Waals surface area (Å²) in [6.45, 7) is 6.78. The van der Waals surface area contributed by atoms with Crippen molar-refractivity contribution in [2.45, 2.75) is 33.7 Å². The Morgan fingerprint density at radius 3 is 2.35 bits per heavy atom. The van der Waals surface area contributed by atoms with Crippen LogP contribution < -0.4 is 10.6 Å². The van der Waals surface area contributed by atoms with Crippen LogP contribution in [-0.2, 0) is 13.0 Å². The van der Waals surface area contributed by atoms with Gasteiger partial charge in [0.1, 0.15) is 5.82 Å². The molecule has 0 radical (unpaired) electrons. The predicted molar refractivity (Wildman–Crippen MR) is 85.5 cm³/mol. The number of aromatic nitrogens is 1. The van der Waals surface area contributed by atoms with Crippen LogP contribution in [0.5, 0.6) is 0 Å². The number of hydrogen-bond donors (Lipinski definition) is 1. The lowest BCUT2D eigenvalue weighted by Crippen LogP contribution is -2.17. The summed E-state index contributed by atoms with van der Waals surface area (Å²) in [5.41, 5.74) is 11.7. The van der Waals surface area contributed by atoms with Crippen LogP contribution in [0.15, 0.2) is 30.3 Å². The molecule has 0 unspecified atom stereocenters. The zero-order valence-electron chi connectivity index (χ0n) is 12.8. The zero-order chi connectivity index (χ0) is 14.7. The number of anilines is 2. The SMILES string of the molecule is CCc1ccc(N(C)c2nc(C)cc(C)c2CN)cc1. The number of rotatable bonds is 4. The van der Waals surface area contributed by atoms with Crippen molar-refractivity contribution in [3.63, 3.8) is 0 Å². The number of nitrogens with two attached hydrogens (primary N) is 1. The monoisotopic (exact) mass is 269 g/mol. The summed E-state index contributed by atoms with van der Waals surface area (Å²) in [6, 6.07) is 10.7. The number of nitrogens with zero attached hydrogens (tertiary/aromatic N) is 2. The minimum Gasteiger partial charge on any atom is -0.329 e. The van der Waals surface area contributed by atoms with Gasteiger partial charge in [-0.1, -0.05) is 19.1 Å². The summed E-state index contributed by atoms with van der Waals surface area (Å²) in [4.78, 5) is 6.78. The third kappa shape index (κ3) is 2.83. The molecule has 1 aromatic heterocycles. The topological polar surface area (TPSA) is 42.2 Å². The average molecular weight is 269 g/mol. The van der Waals surface area contributed by atoms with E-state index < -0.39 is 0 Å². The lowest BCUT2D eigenvalue weighted by molar-refractivity contribution is 0.976. The van der Waals surface area contributed by atoms with E-state index in [4.69, 9.17) is 5.73 Å². The first kappa shape index (κ1) is 14.5. The standard InChI is InChI=1S/C17H23N3/c1-5-14-6-8-15(9-7-14)20(4)17-16(11-18)12(2)10-13(3)19-17/h6-10H,5,11,18H2,1-4H3. The van der Waals surface area contributed by atoms with Crippen molar-refractivity contribution in [1.82, 2.24) is 4.98 Å². The molecule has 0 atom stereocenters. The third-order valence-corrected chi connectivity index (χ3v) is 3.71. The van der Waals surface area contributed by atoms with Gasteiger partial charge in [0.05, 0.1) is 0 Å². The molecule has 0 fully saturated rings. The van der Waals surface area contributed by atoms with E-state index in [1.165, 1.54) is 11.1 Å². The normalized spacial score (nSPS) is 10.7. The summed E-state index contributed by atoms with van der Waals surface area (Å²) in [5.74, 6) is 0.953. The molecule has 2 N–H and O–H groups in total. The predicted octanol–water partition coefficient (Wildman–Crippen LogP) is 3.49. The molecule has 2 rings (SSSR count). The van der Waals surface area contributed by atoms with Crippen molar-refractivity contribution in [2.24, 2.45) is 5.73 Å². The van der Waals surface area contributed by atoms with Crippen LogP contribution in [0.3, 0.4) is 0 Å². The van der Waals surface area contributed by atoms with E-state index in [1.807, 2.05) is 14.0 Å². The van der Waals surface area contributed by atoms with Crippen molar-refractivity contribution in [2.75, 3.05) is 11.9 Å². The van der Waals surface area contributed by atoms with Crippen molar-refractivity contribution in [1.29, 1.82) is 0 Å². The van der Waals surface area contributed by atoms with E-state index in [-0.39, 0.29) is 0 Å². The highest BCUT2D eigenvalue weighted by molar-refractivity contribution is 5.64. The van der Waals surface area contributed by atoms with Crippen LogP contribution in [-0.4, -0.2) is 12.0 Å². The second-order valence-electron chi connectivity index (χ2n) is 5.17. The molecule has 20 heavy (non-hydrogen) atoms. The van der Waals surface area contributed by atoms with Crippen molar-refractivity contribution < 1.29 is 0 Å². The zero-order valence-corrected chi connectivity index (χ0v) is 12.8. The Balaban J connectivity index is 2.43. The van der Waals surface area contributed by atoms with Gasteiger partial charge < -0.3 is 10.6 Å². The summed E-state index contributed by atoms with van der Waals surface area (Å²) in [5, 5.41) is 0. The number of pyridine rings is 1. The van der Waals surface area contributed by atoms with Gasteiger partial charge in [0.15, 0.2) is 0 Å². The smallest absolute Gasteiger partial charge is 0.137 e. The quantitative estimate of drug-likeness (QED) is 0.924. The first-order valence-corrected chi connectivity index (χ1v) is 7.06. The van der Waals surface area contributed by atoms with Gasteiger partial charge in [0, 0.05) is 30.5 Å². The average Bonchev–Trinajstić information content (AvgIpc) is 2.46. The number of benzene rings is 1. The fourth-order valence-electron chi connectivity index (χ4n) is 2.45. The molecule has 0 spiro atoms. The molecule has 3 nitrogen and oxygen atoms in total. The molecule has 0 bridgehead atoms. The molecule has 0 aliphatic heterocycles. The summed E-state index contributed by atoms with van der Waals surface area (Å²) in [6.07, 6.45) is 1.06.